The molecule has 0 aliphatic carbocycles. The summed E-state index contributed by atoms with van der Waals surface area (Å²) in [5, 5.41) is 0. The fourth-order valence-electron chi connectivity index (χ4n) is 2.74. The van der Waals surface area contributed by atoms with E-state index in [9.17, 15) is 14.4 Å². The molecule has 0 spiro atoms. The summed E-state index contributed by atoms with van der Waals surface area (Å²) in [5.41, 5.74) is 0.0181. The number of hydrogen-bond acceptors (Lipinski definition) is 6. The van der Waals surface area contributed by atoms with E-state index in [1.165, 1.54) is 0 Å². The third-order valence-corrected chi connectivity index (χ3v) is 4.47. The largest absolute Gasteiger partial charge is 0.465 e. The van der Waals surface area contributed by atoms with Gasteiger partial charge in [-0.25, -0.2) is 0 Å². The number of Topliss-reactive ketones (excluding diaryl/α,β-unsaturated/α-hetero) is 2. The number of esters is 1. The minimum atomic E-state index is -0.857. The highest BCUT2D eigenvalue weighted by molar-refractivity contribution is 5.99. The molecule has 6 nitrogen and oxygen atoms in total. The van der Waals surface area contributed by atoms with Crippen molar-refractivity contribution in [2.45, 2.75) is 73.0 Å². The Morgan fingerprint density at radius 1 is 1.08 bits per heavy atom. The van der Waals surface area contributed by atoms with Crippen LogP contribution in [0.4, 0.5) is 0 Å². The van der Waals surface area contributed by atoms with Gasteiger partial charge in [-0.15, -0.1) is 0 Å². The Hall–Kier alpha value is -1.27. The Labute approximate surface area is 156 Å². The van der Waals surface area contributed by atoms with Gasteiger partial charge < -0.3 is 14.2 Å². The standard InChI is InChI=1S/C20H34O6/c1-6-24-19(23)15(10-11-16(21)14(2)3)17(22)8-7-9-18-25-12-20(4,5)13-26-18/h14-15,18H,6-13H2,1-5H3. The molecule has 0 N–H and O–H groups in total. The van der Waals surface area contributed by atoms with Crippen LogP contribution in [-0.4, -0.2) is 43.6 Å². The highest BCUT2D eigenvalue weighted by Crippen LogP contribution is 2.25. The first-order valence-corrected chi connectivity index (χ1v) is 9.61. The van der Waals surface area contributed by atoms with Crippen LogP contribution in [0.3, 0.4) is 0 Å². The SMILES string of the molecule is CCOC(=O)C(CCC(=O)C(C)C)C(=O)CCCC1OCC(C)(C)CO1. The van der Waals surface area contributed by atoms with Crippen molar-refractivity contribution in [3.8, 4) is 0 Å². The van der Waals surface area contributed by atoms with E-state index in [4.69, 9.17) is 14.2 Å². The maximum absolute atomic E-state index is 12.5. The molecule has 6 heteroatoms. The average molecular weight is 370 g/mol. The van der Waals surface area contributed by atoms with Gasteiger partial charge in [0, 0.05) is 24.2 Å². The van der Waals surface area contributed by atoms with Crippen LogP contribution in [0.5, 0.6) is 0 Å². The smallest absolute Gasteiger partial charge is 0.316 e. The van der Waals surface area contributed by atoms with Gasteiger partial charge in [-0.1, -0.05) is 27.7 Å². The zero-order chi connectivity index (χ0) is 19.7. The molecule has 1 rings (SSSR count). The summed E-state index contributed by atoms with van der Waals surface area (Å²) in [6.45, 7) is 11.0. The predicted octanol–water partition coefficient (Wildman–Crippen LogP) is 3.31. The molecule has 0 aromatic carbocycles. The number of carbonyl (C=O) groups excluding carboxylic acids is 3. The van der Waals surface area contributed by atoms with Gasteiger partial charge in [0.2, 0.25) is 0 Å². The molecule has 150 valence electrons. The lowest BCUT2D eigenvalue weighted by Gasteiger charge is -2.34. The number of rotatable bonds is 11. The number of ketones is 2. The molecular formula is C20H34O6. The number of carbonyl (C=O) groups is 3. The fraction of sp³-hybridized carbons (Fsp3) is 0.850. The minimum absolute atomic E-state index is 0.0181. The monoisotopic (exact) mass is 370 g/mol. The quantitative estimate of drug-likeness (QED) is 0.410. The van der Waals surface area contributed by atoms with Gasteiger partial charge in [0.15, 0.2) is 6.29 Å². The molecule has 1 heterocycles. The molecule has 1 aliphatic rings. The van der Waals surface area contributed by atoms with Crippen molar-refractivity contribution in [1.29, 1.82) is 0 Å². The van der Waals surface area contributed by atoms with Gasteiger partial charge in [-0.05, 0) is 26.2 Å². The Morgan fingerprint density at radius 2 is 1.69 bits per heavy atom. The molecule has 0 saturated carbocycles. The topological polar surface area (TPSA) is 78.9 Å². The van der Waals surface area contributed by atoms with Crippen LogP contribution >= 0.6 is 0 Å². The minimum Gasteiger partial charge on any atom is -0.465 e. The number of hydrogen-bond donors (Lipinski definition) is 0. The second-order valence-corrected chi connectivity index (χ2v) is 8.04. The summed E-state index contributed by atoms with van der Waals surface area (Å²) >= 11 is 0. The normalized spacial score (nSPS) is 18.5. The van der Waals surface area contributed by atoms with Gasteiger partial charge in [0.05, 0.1) is 19.8 Å². The lowest BCUT2D eigenvalue weighted by molar-refractivity contribution is -0.224. The summed E-state index contributed by atoms with van der Waals surface area (Å²) in [7, 11) is 0. The van der Waals surface area contributed by atoms with E-state index >= 15 is 0 Å². The first-order valence-electron chi connectivity index (χ1n) is 9.61. The zero-order valence-corrected chi connectivity index (χ0v) is 16.8. The molecule has 0 aromatic heterocycles. The second-order valence-electron chi connectivity index (χ2n) is 8.04. The highest BCUT2D eigenvalue weighted by atomic mass is 16.7. The van der Waals surface area contributed by atoms with Crippen LogP contribution in [0.1, 0.15) is 66.7 Å². The van der Waals surface area contributed by atoms with Crippen molar-refractivity contribution in [1.82, 2.24) is 0 Å². The molecule has 0 bridgehead atoms. The first kappa shape index (κ1) is 22.8. The molecule has 1 unspecified atom stereocenters. The molecule has 1 saturated heterocycles. The molecule has 0 radical (unpaired) electrons. The van der Waals surface area contributed by atoms with Crippen LogP contribution in [0.25, 0.3) is 0 Å². The maximum Gasteiger partial charge on any atom is 0.316 e. The van der Waals surface area contributed by atoms with Crippen LogP contribution < -0.4 is 0 Å². The molecule has 0 aromatic rings. The lowest BCUT2D eigenvalue weighted by Crippen LogP contribution is -2.37. The first-order chi connectivity index (χ1) is 12.2. The molecule has 1 fully saturated rings. The van der Waals surface area contributed by atoms with E-state index in [1.807, 2.05) is 13.8 Å². The Balaban J connectivity index is 2.46. The van der Waals surface area contributed by atoms with Gasteiger partial charge in [0.1, 0.15) is 17.5 Å². The lowest BCUT2D eigenvalue weighted by atomic mass is 9.91. The third-order valence-electron chi connectivity index (χ3n) is 4.47. The maximum atomic E-state index is 12.5. The van der Waals surface area contributed by atoms with E-state index in [1.54, 1.807) is 6.92 Å². The zero-order valence-electron chi connectivity index (χ0n) is 16.8. The van der Waals surface area contributed by atoms with E-state index in [-0.39, 0.29) is 55.1 Å². The van der Waals surface area contributed by atoms with Crippen LogP contribution in [0, 0.1) is 17.3 Å². The molecule has 1 atom stereocenters. The van der Waals surface area contributed by atoms with E-state index < -0.39 is 11.9 Å². The van der Waals surface area contributed by atoms with Crippen molar-refractivity contribution >= 4 is 17.5 Å². The van der Waals surface area contributed by atoms with Crippen LogP contribution in [0.15, 0.2) is 0 Å². The van der Waals surface area contributed by atoms with Crippen molar-refractivity contribution < 1.29 is 28.6 Å². The van der Waals surface area contributed by atoms with Gasteiger partial charge in [-0.2, -0.15) is 0 Å². The summed E-state index contributed by atoms with van der Waals surface area (Å²) in [6.07, 6.45) is 1.60. The van der Waals surface area contributed by atoms with Gasteiger partial charge >= 0.3 is 5.97 Å². The molecule has 0 amide bonds. The molecule has 26 heavy (non-hydrogen) atoms. The van der Waals surface area contributed by atoms with Crippen molar-refractivity contribution in [2.75, 3.05) is 19.8 Å². The predicted molar refractivity (Wildman–Crippen MR) is 97.5 cm³/mol. The second kappa shape index (κ2) is 10.8. The van der Waals surface area contributed by atoms with Crippen molar-refractivity contribution in [3.63, 3.8) is 0 Å². The summed E-state index contributed by atoms with van der Waals surface area (Å²) < 4.78 is 16.3. The Morgan fingerprint density at radius 3 is 2.23 bits per heavy atom. The van der Waals surface area contributed by atoms with Crippen molar-refractivity contribution in [2.24, 2.45) is 17.3 Å². The molecule has 1 aliphatic heterocycles. The van der Waals surface area contributed by atoms with Crippen molar-refractivity contribution in [3.05, 3.63) is 0 Å². The summed E-state index contributed by atoms with van der Waals surface area (Å²) in [4.78, 5) is 36.4. The third kappa shape index (κ3) is 7.96. The van der Waals surface area contributed by atoms with Gasteiger partial charge in [-0.3, -0.25) is 14.4 Å². The Kier molecular flexibility index (Phi) is 9.44. The number of ether oxygens (including phenoxy) is 3. The summed E-state index contributed by atoms with van der Waals surface area (Å²) in [5.74, 6) is -1.60. The van der Waals surface area contributed by atoms with Gasteiger partial charge in [0.25, 0.3) is 0 Å². The van der Waals surface area contributed by atoms with Crippen LogP contribution in [0.2, 0.25) is 0 Å². The highest BCUT2D eigenvalue weighted by Gasteiger charge is 2.30. The summed E-state index contributed by atoms with van der Waals surface area (Å²) in [6, 6.07) is 0. The fourth-order valence-corrected chi connectivity index (χ4v) is 2.74. The average Bonchev–Trinajstić information content (AvgIpc) is 2.56. The van der Waals surface area contributed by atoms with E-state index in [2.05, 4.69) is 13.8 Å². The molecular weight excluding hydrogens is 336 g/mol. The van der Waals surface area contributed by atoms with E-state index in [0.717, 1.165) is 0 Å². The van der Waals surface area contributed by atoms with Crippen LogP contribution in [-0.2, 0) is 28.6 Å². The van der Waals surface area contributed by atoms with E-state index in [0.29, 0.717) is 26.1 Å². The Bertz CT molecular complexity index is 473.